The van der Waals surface area contributed by atoms with Gasteiger partial charge in [-0.2, -0.15) is 5.10 Å². The molecule has 0 atom stereocenters. The van der Waals surface area contributed by atoms with Crippen molar-refractivity contribution < 1.29 is 0 Å². The predicted octanol–water partition coefficient (Wildman–Crippen LogP) is 0.887. The molecular weight excluding hydrogens is 249 g/mol. The molecule has 0 saturated carbocycles. The molecule has 0 amide bonds. The topological polar surface area (TPSA) is 41.7 Å². The van der Waals surface area contributed by atoms with Crippen LogP contribution in [0.3, 0.4) is 0 Å². The van der Waals surface area contributed by atoms with Gasteiger partial charge in [0.15, 0.2) is 4.80 Å². The third kappa shape index (κ3) is 2.05. The van der Waals surface area contributed by atoms with E-state index in [2.05, 4.69) is 5.10 Å². The zero-order chi connectivity index (χ0) is 6.15. The minimum Gasteiger partial charge on any atom is -0.274 e. The van der Waals surface area contributed by atoms with Gasteiger partial charge in [-0.1, -0.05) is 11.3 Å². The fourth-order valence-corrected chi connectivity index (χ4v) is 1.10. The summed E-state index contributed by atoms with van der Waals surface area (Å²) >= 11 is 1.39. The Kier molecular flexibility index (Phi) is 3.34. The first-order valence-electron chi connectivity index (χ1n) is 2.25. The van der Waals surface area contributed by atoms with Crippen molar-refractivity contribution >= 4 is 35.3 Å². The van der Waals surface area contributed by atoms with Crippen LogP contribution in [0.4, 0.5) is 0 Å². The average molecular weight is 257 g/mol. The number of rotatable bonds is 0. The molecule has 3 nitrogen and oxygen atoms in total. The molecule has 0 spiro atoms. The Bertz CT molecular complexity index is 238. The number of aromatic nitrogens is 2. The van der Waals surface area contributed by atoms with E-state index < -0.39 is 0 Å². The quantitative estimate of drug-likeness (QED) is 0.689. The highest BCUT2D eigenvalue weighted by Gasteiger charge is 1.89. The number of hydrogen-bond donors (Lipinski definition) is 1. The van der Waals surface area contributed by atoms with Gasteiger partial charge in [-0.05, 0) is 6.92 Å². The molecule has 1 N–H and O–H groups in total. The Labute approximate surface area is 74.2 Å². The van der Waals surface area contributed by atoms with Crippen molar-refractivity contribution in [2.45, 2.75) is 6.92 Å². The molecule has 0 radical (unpaired) electrons. The lowest BCUT2D eigenvalue weighted by atomic mass is 10.9. The van der Waals surface area contributed by atoms with E-state index in [4.69, 9.17) is 5.41 Å². The Balaban J connectivity index is 0.000000640. The molecule has 5 heteroatoms. The van der Waals surface area contributed by atoms with Crippen LogP contribution in [0.2, 0.25) is 0 Å². The molecule has 1 aromatic heterocycles. The van der Waals surface area contributed by atoms with Gasteiger partial charge in [0, 0.05) is 7.05 Å². The van der Waals surface area contributed by atoms with Gasteiger partial charge in [0.25, 0.3) is 0 Å². The SMILES string of the molecule is Cc1nn(C)c(=N)s1.I. The number of halogens is 1. The highest BCUT2D eigenvalue weighted by Crippen LogP contribution is 1.90. The summed E-state index contributed by atoms with van der Waals surface area (Å²) in [5.41, 5.74) is 0. The fraction of sp³-hybridized carbons (Fsp3) is 0.500. The monoisotopic (exact) mass is 257 g/mol. The highest BCUT2D eigenvalue weighted by molar-refractivity contribution is 14.0. The van der Waals surface area contributed by atoms with Gasteiger partial charge in [0.05, 0.1) is 0 Å². The van der Waals surface area contributed by atoms with Crippen molar-refractivity contribution in [2.75, 3.05) is 0 Å². The van der Waals surface area contributed by atoms with E-state index in [0.717, 1.165) is 5.01 Å². The maximum atomic E-state index is 7.16. The second-order valence-corrected chi connectivity index (χ2v) is 2.73. The molecule has 0 bridgehead atoms. The van der Waals surface area contributed by atoms with Gasteiger partial charge < -0.3 is 0 Å². The summed E-state index contributed by atoms with van der Waals surface area (Å²) < 4.78 is 1.56. The standard InChI is InChI=1S/C4H7N3S.HI/c1-3-6-7(2)4(5)8-3;/h5H,1-2H3;1H. The molecule has 0 aliphatic carbocycles. The maximum Gasteiger partial charge on any atom is 0.199 e. The molecule has 1 rings (SSSR count). The van der Waals surface area contributed by atoms with Gasteiger partial charge in [0.2, 0.25) is 0 Å². The van der Waals surface area contributed by atoms with Crippen molar-refractivity contribution in [3.05, 3.63) is 9.81 Å². The lowest BCUT2D eigenvalue weighted by Crippen LogP contribution is -2.08. The van der Waals surface area contributed by atoms with Gasteiger partial charge in [-0.3, -0.25) is 5.41 Å². The first-order chi connectivity index (χ1) is 3.70. The summed E-state index contributed by atoms with van der Waals surface area (Å²) in [6, 6.07) is 0. The third-order valence-electron chi connectivity index (χ3n) is 0.829. The number of nitrogens with zero attached hydrogens (tertiary/aromatic N) is 2. The first kappa shape index (κ1) is 9.09. The Morgan fingerprint density at radius 3 is 2.33 bits per heavy atom. The molecule has 0 saturated heterocycles. The third-order valence-corrected chi connectivity index (χ3v) is 1.66. The summed E-state index contributed by atoms with van der Waals surface area (Å²) in [6.07, 6.45) is 0. The van der Waals surface area contributed by atoms with Crippen LogP contribution < -0.4 is 4.80 Å². The summed E-state index contributed by atoms with van der Waals surface area (Å²) in [6.45, 7) is 1.89. The zero-order valence-electron chi connectivity index (χ0n) is 5.21. The van der Waals surface area contributed by atoms with Crippen LogP contribution in [0.15, 0.2) is 0 Å². The van der Waals surface area contributed by atoms with E-state index in [9.17, 15) is 0 Å². The molecular formula is C4H8IN3S. The highest BCUT2D eigenvalue weighted by atomic mass is 127. The average Bonchev–Trinajstić information content (AvgIpc) is 1.85. The van der Waals surface area contributed by atoms with E-state index in [1.165, 1.54) is 11.3 Å². The smallest absolute Gasteiger partial charge is 0.199 e. The Hall–Kier alpha value is 0.0900. The van der Waals surface area contributed by atoms with E-state index in [-0.39, 0.29) is 24.0 Å². The normalized spacial score (nSPS) is 8.67. The van der Waals surface area contributed by atoms with Crippen LogP contribution in [0.5, 0.6) is 0 Å². The summed E-state index contributed by atoms with van der Waals surface area (Å²) in [7, 11) is 1.77. The molecule has 9 heavy (non-hydrogen) atoms. The molecule has 0 aliphatic heterocycles. The van der Waals surface area contributed by atoms with Crippen LogP contribution >= 0.6 is 35.3 Å². The lowest BCUT2D eigenvalue weighted by molar-refractivity contribution is 0.711. The molecule has 0 aromatic carbocycles. The minimum atomic E-state index is 0. The van der Waals surface area contributed by atoms with Crippen LogP contribution in [-0.4, -0.2) is 9.78 Å². The predicted molar refractivity (Wildman–Crippen MR) is 47.1 cm³/mol. The first-order valence-corrected chi connectivity index (χ1v) is 3.07. The van der Waals surface area contributed by atoms with E-state index in [1.54, 1.807) is 11.7 Å². The maximum absolute atomic E-state index is 7.16. The van der Waals surface area contributed by atoms with Gasteiger partial charge in [-0.15, -0.1) is 24.0 Å². The molecule has 0 unspecified atom stereocenters. The second-order valence-electron chi connectivity index (χ2n) is 1.55. The Morgan fingerprint density at radius 2 is 2.22 bits per heavy atom. The van der Waals surface area contributed by atoms with Crippen LogP contribution in [0, 0.1) is 12.3 Å². The van der Waals surface area contributed by atoms with Crippen molar-refractivity contribution in [1.82, 2.24) is 9.78 Å². The molecule has 0 fully saturated rings. The second kappa shape index (κ2) is 3.31. The number of hydrogen-bond acceptors (Lipinski definition) is 3. The van der Waals surface area contributed by atoms with Crippen molar-refractivity contribution in [1.29, 1.82) is 5.41 Å². The zero-order valence-corrected chi connectivity index (χ0v) is 8.36. The van der Waals surface area contributed by atoms with Gasteiger partial charge >= 0.3 is 0 Å². The fourth-order valence-electron chi connectivity index (χ4n) is 0.483. The van der Waals surface area contributed by atoms with Crippen molar-refractivity contribution in [2.24, 2.45) is 7.05 Å². The summed E-state index contributed by atoms with van der Waals surface area (Å²) in [5, 5.41) is 12.1. The van der Waals surface area contributed by atoms with E-state index in [0.29, 0.717) is 4.80 Å². The molecule has 52 valence electrons. The van der Waals surface area contributed by atoms with Gasteiger partial charge in [0.1, 0.15) is 5.01 Å². The van der Waals surface area contributed by atoms with E-state index in [1.807, 2.05) is 6.92 Å². The van der Waals surface area contributed by atoms with Crippen LogP contribution in [0.1, 0.15) is 5.01 Å². The van der Waals surface area contributed by atoms with E-state index >= 15 is 0 Å². The van der Waals surface area contributed by atoms with Gasteiger partial charge in [-0.25, -0.2) is 4.68 Å². The van der Waals surface area contributed by atoms with Crippen LogP contribution in [0.25, 0.3) is 0 Å². The molecule has 1 heterocycles. The van der Waals surface area contributed by atoms with Crippen LogP contribution in [-0.2, 0) is 7.05 Å². The Morgan fingerprint density at radius 1 is 1.67 bits per heavy atom. The molecule has 1 aromatic rings. The number of nitrogens with one attached hydrogen (secondary N) is 1. The minimum absolute atomic E-state index is 0. The van der Waals surface area contributed by atoms with Crippen molar-refractivity contribution in [3.63, 3.8) is 0 Å². The molecule has 0 aliphatic rings. The lowest BCUT2D eigenvalue weighted by Gasteiger charge is -1.79. The largest absolute Gasteiger partial charge is 0.274 e. The summed E-state index contributed by atoms with van der Waals surface area (Å²) in [4.78, 5) is 0.502. The summed E-state index contributed by atoms with van der Waals surface area (Å²) in [5.74, 6) is 0. The number of aryl methyl sites for hydroxylation is 2. The van der Waals surface area contributed by atoms with Crippen molar-refractivity contribution in [3.8, 4) is 0 Å².